The zero-order valence-electron chi connectivity index (χ0n) is 11.8. The fourth-order valence-electron chi connectivity index (χ4n) is 1.74. The molecule has 23 heavy (non-hydrogen) atoms. The molecule has 0 aromatic heterocycles. The molecule has 0 atom stereocenters. The summed E-state index contributed by atoms with van der Waals surface area (Å²) in [6.45, 7) is 1.87. The van der Waals surface area contributed by atoms with Crippen molar-refractivity contribution in [3.63, 3.8) is 0 Å². The van der Waals surface area contributed by atoms with E-state index in [0.717, 1.165) is 5.56 Å². The van der Waals surface area contributed by atoms with Crippen LogP contribution in [0.15, 0.2) is 38.3 Å². The molecule has 0 aliphatic carbocycles. The van der Waals surface area contributed by atoms with E-state index in [2.05, 4.69) is 42.4 Å². The van der Waals surface area contributed by atoms with Crippen LogP contribution in [-0.4, -0.2) is 22.3 Å². The van der Waals surface area contributed by atoms with E-state index in [1.807, 2.05) is 6.92 Å². The molecule has 3 N–H and O–H groups in total. The van der Waals surface area contributed by atoms with Crippen LogP contribution in [0.4, 0.5) is 0 Å². The number of amides is 1. The first-order valence-electron chi connectivity index (χ1n) is 6.30. The second-order valence-corrected chi connectivity index (χ2v) is 6.70. The molecule has 0 spiro atoms. The van der Waals surface area contributed by atoms with Gasteiger partial charge in [-0.3, -0.25) is 4.79 Å². The smallest absolute Gasteiger partial charge is 0.272 e. The molecule has 8 heteroatoms. The first-order chi connectivity index (χ1) is 10.8. The van der Waals surface area contributed by atoms with Crippen LogP contribution in [-0.2, 0) is 0 Å². The van der Waals surface area contributed by atoms with Gasteiger partial charge < -0.3 is 10.2 Å². The van der Waals surface area contributed by atoms with Crippen molar-refractivity contribution in [1.82, 2.24) is 5.43 Å². The predicted molar refractivity (Wildman–Crippen MR) is 96.4 cm³/mol. The van der Waals surface area contributed by atoms with E-state index in [4.69, 9.17) is 11.6 Å². The third kappa shape index (κ3) is 4.04. The van der Waals surface area contributed by atoms with Gasteiger partial charge in [-0.2, -0.15) is 5.10 Å². The topological polar surface area (TPSA) is 81.9 Å². The fourth-order valence-corrected chi connectivity index (χ4v) is 3.21. The third-order valence-electron chi connectivity index (χ3n) is 2.94. The second-order valence-electron chi connectivity index (χ2n) is 4.64. The lowest BCUT2D eigenvalue weighted by molar-refractivity contribution is 0.0955. The zero-order chi connectivity index (χ0) is 17.1. The van der Waals surface area contributed by atoms with Crippen molar-refractivity contribution >= 4 is 55.6 Å². The van der Waals surface area contributed by atoms with Gasteiger partial charge in [-0.1, -0.05) is 17.7 Å². The number of carbonyl (C=O) groups excluding carboxylic acids is 1. The predicted octanol–water partition coefficient (Wildman–Crippen LogP) is 4.35. The highest BCUT2D eigenvalue weighted by molar-refractivity contribution is 9.11. The van der Waals surface area contributed by atoms with E-state index in [0.29, 0.717) is 20.6 Å². The maximum absolute atomic E-state index is 12.0. The van der Waals surface area contributed by atoms with Gasteiger partial charge in [0.1, 0.15) is 16.0 Å². The van der Waals surface area contributed by atoms with Gasteiger partial charge >= 0.3 is 0 Å². The molecule has 0 saturated heterocycles. The summed E-state index contributed by atoms with van der Waals surface area (Å²) >= 11 is 12.2. The Morgan fingerprint density at radius 1 is 1.26 bits per heavy atom. The van der Waals surface area contributed by atoms with Crippen LogP contribution in [0.5, 0.6) is 11.5 Å². The molecule has 2 aromatic rings. The van der Waals surface area contributed by atoms with Crippen molar-refractivity contribution < 1.29 is 15.0 Å². The Morgan fingerprint density at radius 2 is 1.96 bits per heavy atom. The number of benzene rings is 2. The van der Waals surface area contributed by atoms with Gasteiger partial charge in [0.05, 0.1) is 21.3 Å². The van der Waals surface area contributed by atoms with E-state index >= 15 is 0 Å². The summed E-state index contributed by atoms with van der Waals surface area (Å²) in [6, 6.07) is 6.52. The van der Waals surface area contributed by atoms with Crippen molar-refractivity contribution in [2.45, 2.75) is 6.92 Å². The SMILES string of the molecule is Cc1ccc(C(=O)N/N=C/c2cc(Br)c(O)c(Br)c2O)c(Cl)c1. The number of phenolic OH excluding ortho intramolecular Hbond substituents is 2. The molecule has 0 heterocycles. The molecular formula is C15H11Br2ClN2O3. The maximum Gasteiger partial charge on any atom is 0.272 e. The van der Waals surface area contributed by atoms with Gasteiger partial charge in [-0.25, -0.2) is 5.43 Å². The largest absolute Gasteiger partial charge is 0.506 e. The van der Waals surface area contributed by atoms with E-state index < -0.39 is 5.91 Å². The summed E-state index contributed by atoms with van der Waals surface area (Å²) in [5, 5.41) is 23.7. The molecule has 0 bridgehead atoms. The zero-order valence-corrected chi connectivity index (χ0v) is 15.7. The summed E-state index contributed by atoms with van der Waals surface area (Å²) in [4.78, 5) is 12.0. The molecule has 0 saturated carbocycles. The number of carbonyl (C=O) groups is 1. The number of phenols is 2. The highest BCUT2D eigenvalue weighted by Crippen LogP contribution is 2.40. The number of rotatable bonds is 3. The van der Waals surface area contributed by atoms with E-state index in [1.165, 1.54) is 12.3 Å². The number of hydrogen-bond donors (Lipinski definition) is 3. The minimum atomic E-state index is -0.470. The van der Waals surface area contributed by atoms with Crippen molar-refractivity contribution in [2.75, 3.05) is 0 Å². The number of nitrogens with zero attached hydrogens (tertiary/aromatic N) is 1. The summed E-state index contributed by atoms with van der Waals surface area (Å²) in [5.74, 6) is -0.796. The number of hydrogen-bond acceptors (Lipinski definition) is 4. The van der Waals surface area contributed by atoms with Crippen LogP contribution in [0.3, 0.4) is 0 Å². The molecule has 0 aliphatic rings. The van der Waals surface area contributed by atoms with Crippen molar-refractivity contribution in [3.8, 4) is 11.5 Å². The Labute approximate surface area is 154 Å². The van der Waals surface area contributed by atoms with Crippen LogP contribution < -0.4 is 5.43 Å². The number of aromatic hydroxyl groups is 2. The molecule has 1 amide bonds. The molecule has 2 aromatic carbocycles. The fraction of sp³-hybridized carbons (Fsp3) is 0.0667. The quantitative estimate of drug-likeness (QED) is 0.469. The molecule has 2 rings (SSSR count). The number of nitrogens with one attached hydrogen (secondary N) is 1. The van der Waals surface area contributed by atoms with Crippen LogP contribution in [0.2, 0.25) is 5.02 Å². The lowest BCUT2D eigenvalue weighted by Gasteiger charge is -2.06. The summed E-state index contributed by atoms with van der Waals surface area (Å²) < 4.78 is 0.498. The van der Waals surface area contributed by atoms with Gasteiger partial charge in [0.15, 0.2) is 0 Å². The number of halogens is 3. The maximum atomic E-state index is 12.0. The molecule has 0 unspecified atom stereocenters. The van der Waals surface area contributed by atoms with E-state index in [-0.39, 0.29) is 16.0 Å². The van der Waals surface area contributed by atoms with Gasteiger partial charge in [0, 0.05) is 5.56 Å². The summed E-state index contributed by atoms with van der Waals surface area (Å²) in [5.41, 5.74) is 3.87. The summed E-state index contributed by atoms with van der Waals surface area (Å²) in [7, 11) is 0. The Morgan fingerprint density at radius 3 is 2.61 bits per heavy atom. The van der Waals surface area contributed by atoms with E-state index in [9.17, 15) is 15.0 Å². The molecule has 0 fully saturated rings. The highest BCUT2D eigenvalue weighted by atomic mass is 79.9. The Balaban J connectivity index is 2.18. The number of hydrazone groups is 1. The Bertz CT molecular complexity index is 810. The normalized spacial score (nSPS) is 11.0. The van der Waals surface area contributed by atoms with Gasteiger partial charge in [0.25, 0.3) is 5.91 Å². The molecular weight excluding hydrogens is 451 g/mol. The monoisotopic (exact) mass is 460 g/mol. The average Bonchev–Trinajstić information content (AvgIpc) is 2.50. The average molecular weight is 463 g/mol. The van der Waals surface area contributed by atoms with E-state index in [1.54, 1.807) is 18.2 Å². The summed E-state index contributed by atoms with van der Waals surface area (Å²) in [6.07, 6.45) is 1.25. The number of aryl methyl sites for hydroxylation is 1. The van der Waals surface area contributed by atoms with Crippen LogP contribution >= 0.6 is 43.5 Å². The van der Waals surface area contributed by atoms with Gasteiger partial charge in [-0.15, -0.1) is 0 Å². The lowest BCUT2D eigenvalue weighted by atomic mass is 10.1. The standard InChI is InChI=1S/C15H11Br2ClN2O3/c1-7-2-3-9(11(18)4-7)15(23)20-19-6-8-5-10(16)14(22)12(17)13(8)21/h2-6,21-22H,1H3,(H,20,23)/b19-6+. The van der Waals surface area contributed by atoms with Crippen LogP contribution in [0.25, 0.3) is 0 Å². The first kappa shape index (κ1) is 17.8. The molecule has 120 valence electrons. The molecule has 0 radical (unpaired) electrons. The third-order valence-corrected chi connectivity index (χ3v) is 4.60. The molecule has 0 aliphatic heterocycles. The van der Waals surface area contributed by atoms with Crippen molar-refractivity contribution in [3.05, 3.63) is 54.9 Å². The Hall–Kier alpha value is -1.57. The first-order valence-corrected chi connectivity index (χ1v) is 8.27. The van der Waals surface area contributed by atoms with Gasteiger partial charge in [0.2, 0.25) is 0 Å². The lowest BCUT2D eigenvalue weighted by Crippen LogP contribution is -2.18. The highest BCUT2D eigenvalue weighted by Gasteiger charge is 2.13. The van der Waals surface area contributed by atoms with Gasteiger partial charge in [-0.05, 0) is 62.5 Å². The van der Waals surface area contributed by atoms with Crippen molar-refractivity contribution in [2.24, 2.45) is 5.10 Å². The van der Waals surface area contributed by atoms with Crippen molar-refractivity contribution in [1.29, 1.82) is 0 Å². The minimum Gasteiger partial charge on any atom is -0.506 e. The Kier molecular flexibility index (Phi) is 5.67. The molecule has 5 nitrogen and oxygen atoms in total. The minimum absolute atomic E-state index is 0.126. The van der Waals surface area contributed by atoms with Crippen LogP contribution in [0.1, 0.15) is 21.5 Å². The van der Waals surface area contributed by atoms with Crippen LogP contribution in [0, 0.1) is 6.92 Å². The second kappa shape index (κ2) is 7.33.